The third-order valence-corrected chi connectivity index (χ3v) is 1.33. The molecule has 1 aliphatic rings. The molecule has 0 unspecified atom stereocenters. The summed E-state index contributed by atoms with van der Waals surface area (Å²) in [5.41, 5.74) is 0. The summed E-state index contributed by atoms with van der Waals surface area (Å²) in [6, 6.07) is 0. The Hall–Kier alpha value is 0.683. The van der Waals surface area contributed by atoms with Crippen molar-refractivity contribution in [1.82, 2.24) is 0 Å². The molecular formula is C8H14Cl2Ru. The van der Waals surface area contributed by atoms with Gasteiger partial charge >= 0.3 is 0 Å². The van der Waals surface area contributed by atoms with E-state index in [0.29, 0.717) is 0 Å². The summed E-state index contributed by atoms with van der Waals surface area (Å²) in [7, 11) is 0. The maximum absolute atomic E-state index is 2.27. The van der Waals surface area contributed by atoms with Crippen molar-refractivity contribution >= 4 is 24.8 Å². The molecule has 0 aromatic heterocycles. The van der Waals surface area contributed by atoms with Gasteiger partial charge in [-0.05, 0) is 25.7 Å². The van der Waals surface area contributed by atoms with Crippen LogP contribution in [-0.2, 0) is 19.5 Å². The first-order valence-electron chi connectivity index (χ1n) is 3.30. The van der Waals surface area contributed by atoms with Crippen molar-refractivity contribution in [1.29, 1.82) is 0 Å². The molecule has 0 nitrogen and oxygen atoms in total. The zero-order chi connectivity index (χ0) is 5.66. The van der Waals surface area contributed by atoms with Crippen molar-refractivity contribution in [3.8, 4) is 0 Å². The molecular weight excluding hydrogens is 268 g/mol. The quantitative estimate of drug-likeness (QED) is 0.471. The number of halogens is 2. The second-order valence-corrected chi connectivity index (χ2v) is 2.10. The molecule has 0 aromatic carbocycles. The van der Waals surface area contributed by atoms with Crippen LogP contribution in [-0.4, -0.2) is 0 Å². The average Bonchev–Trinajstić information content (AvgIpc) is 1.62. The molecule has 68 valence electrons. The molecule has 0 aliphatic heterocycles. The van der Waals surface area contributed by atoms with E-state index in [-0.39, 0.29) is 44.3 Å². The van der Waals surface area contributed by atoms with Gasteiger partial charge in [0.1, 0.15) is 0 Å². The predicted molar refractivity (Wildman–Crippen MR) is 51.2 cm³/mol. The second kappa shape index (κ2) is 13.3. The van der Waals surface area contributed by atoms with E-state index in [1.54, 1.807) is 0 Å². The molecule has 0 radical (unpaired) electrons. The molecule has 0 saturated heterocycles. The van der Waals surface area contributed by atoms with Crippen LogP contribution in [0.5, 0.6) is 0 Å². The molecule has 0 aromatic rings. The largest absolute Gasteiger partial charge is 0.147 e. The Kier molecular flexibility index (Phi) is 21.4. The van der Waals surface area contributed by atoms with Gasteiger partial charge < -0.3 is 0 Å². The normalized spacial score (nSPS) is 14.5. The summed E-state index contributed by atoms with van der Waals surface area (Å²) in [5, 5.41) is 0. The number of hydrogen-bond acceptors (Lipinski definition) is 0. The van der Waals surface area contributed by atoms with Crippen molar-refractivity contribution in [2.75, 3.05) is 0 Å². The van der Waals surface area contributed by atoms with E-state index in [1.807, 2.05) is 0 Å². The maximum atomic E-state index is 2.27. The van der Waals surface area contributed by atoms with E-state index < -0.39 is 0 Å². The first-order chi connectivity index (χ1) is 4.00. The fourth-order valence-electron chi connectivity index (χ4n) is 0.856. The smallest absolute Gasteiger partial charge is 0 e. The van der Waals surface area contributed by atoms with Gasteiger partial charge in [0.15, 0.2) is 0 Å². The minimum atomic E-state index is 0. The Morgan fingerprint density at radius 3 is 0.909 bits per heavy atom. The third-order valence-electron chi connectivity index (χ3n) is 1.33. The molecule has 1 rings (SSSR count). The average molecular weight is 282 g/mol. The van der Waals surface area contributed by atoms with Gasteiger partial charge in [-0.2, -0.15) is 0 Å². The fourth-order valence-corrected chi connectivity index (χ4v) is 0.856. The molecule has 0 heterocycles. The van der Waals surface area contributed by atoms with Gasteiger partial charge in [0.2, 0.25) is 0 Å². The van der Waals surface area contributed by atoms with Crippen LogP contribution in [0.2, 0.25) is 0 Å². The Morgan fingerprint density at radius 2 is 0.727 bits per heavy atom. The SMILES string of the molecule is C1=CCCC=CCC1.Cl.Cl.[Ru]. The van der Waals surface area contributed by atoms with Gasteiger partial charge in [0.05, 0.1) is 0 Å². The first-order valence-corrected chi connectivity index (χ1v) is 3.30. The molecule has 0 saturated carbocycles. The van der Waals surface area contributed by atoms with E-state index >= 15 is 0 Å². The summed E-state index contributed by atoms with van der Waals surface area (Å²) in [6.45, 7) is 0. The molecule has 3 heteroatoms. The standard InChI is InChI=1S/C8H12.2ClH.Ru/c1-2-4-6-8-7-5-3-1;;;/h1-2,7-8H,3-6H2;2*1H;. The number of rotatable bonds is 0. The molecule has 11 heavy (non-hydrogen) atoms. The van der Waals surface area contributed by atoms with E-state index in [2.05, 4.69) is 24.3 Å². The van der Waals surface area contributed by atoms with Gasteiger partial charge in [-0.25, -0.2) is 0 Å². The van der Waals surface area contributed by atoms with Crippen LogP contribution >= 0.6 is 24.8 Å². The van der Waals surface area contributed by atoms with Crippen molar-refractivity contribution < 1.29 is 19.5 Å². The summed E-state index contributed by atoms with van der Waals surface area (Å²) < 4.78 is 0. The van der Waals surface area contributed by atoms with Crippen LogP contribution in [0.3, 0.4) is 0 Å². The zero-order valence-corrected chi connectivity index (χ0v) is 9.68. The molecule has 0 spiro atoms. The van der Waals surface area contributed by atoms with Gasteiger partial charge in [-0.15, -0.1) is 24.8 Å². The van der Waals surface area contributed by atoms with E-state index in [0.717, 1.165) is 0 Å². The van der Waals surface area contributed by atoms with Crippen molar-refractivity contribution in [2.24, 2.45) is 0 Å². The van der Waals surface area contributed by atoms with Crippen LogP contribution in [0.15, 0.2) is 24.3 Å². The minimum Gasteiger partial charge on any atom is -0.147 e. The Morgan fingerprint density at radius 1 is 0.545 bits per heavy atom. The maximum Gasteiger partial charge on any atom is 0 e. The van der Waals surface area contributed by atoms with Crippen molar-refractivity contribution in [2.45, 2.75) is 25.7 Å². The Labute approximate surface area is 94.1 Å². The second-order valence-electron chi connectivity index (χ2n) is 2.10. The number of allylic oxidation sites excluding steroid dienone is 4. The summed E-state index contributed by atoms with van der Waals surface area (Å²) in [4.78, 5) is 0. The van der Waals surface area contributed by atoms with Gasteiger partial charge in [-0.1, -0.05) is 24.3 Å². The number of hydrogen-bond donors (Lipinski definition) is 0. The molecule has 1 aliphatic carbocycles. The van der Waals surface area contributed by atoms with E-state index in [1.165, 1.54) is 25.7 Å². The Balaban J connectivity index is -0.000000213. The van der Waals surface area contributed by atoms with E-state index in [9.17, 15) is 0 Å². The van der Waals surface area contributed by atoms with Gasteiger partial charge in [0, 0.05) is 19.5 Å². The molecule has 0 fully saturated rings. The van der Waals surface area contributed by atoms with Crippen LogP contribution in [0.1, 0.15) is 25.7 Å². The topological polar surface area (TPSA) is 0 Å². The zero-order valence-electron chi connectivity index (χ0n) is 6.31. The predicted octanol–water partition coefficient (Wildman–Crippen LogP) is 3.51. The fraction of sp³-hybridized carbons (Fsp3) is 0.500. The minimum absolute atomic E-state index is 0. The summed E-state index contributed by atoms with van der Waals surface area (Å²) >= 11 is 0. The molecule has 0 amide bonds. The van der Waals surface area contributed by atoms with Crippen LogP contribution in [0.4, 0.5) is 0 Å². The summed E-state index contributed by atoms with van der Waals surface area (Å²) in [5.74, 6) is 0. The van der Waals surface area contributed by atoms with Crippen molar-refractivity contribution in [3.05, 3.63) is 24.3 Å². The van der Waals surface area contributed by atoms with Crippen LogP contribution in [0, 0.1) is 0 Å². The molecule has 0 bridgehead atoms. The summed E-state index contributed by atoms with van der Waals surface area (Å²) in [6.07, 6.45) is 14.0. The van der Waals surface area contributed by atoms with E-state index in [4.69, 9.17) is 0 Å². The van der Waals surface area contributed by atoms with Crippen LogP contribution < -0.4 is 0 Å². The molecule has 0 atom stereocenters. The van der Waals surface area contributed by atoms with Gasteiger partial charge in [0.25, 0.3) is 0 Å². The first kappa shape index (κ1) is 17.7. The van der Waals surface area contributed by atoms with Gasteiger partial charge in [-0.3, -0.25) is 0 Å². The molecule has 0 N–H and O–H groups in total. The van der Waals surface area contributed by atoms with Crippen LogP contribution in [0.25, 0.3) is 0 Å². The Bertz CT molecular complexity index is 84.7. The third kappa shape index (κ3) is 10.7. The monoisotopic (exact) mass is 282 g/mol. The van der Waals surface area contributed by atoms with Crippen molar-refractivity contribution in [3.63, 3.8) is 0 Å².